The molecule has 5 N–H and O–H groups in total. The minimum atomic E-state index is -1.22. The van der Waals surface area contributed by atoms with Crippen LogP contribution in [0.1, 0.15) is 123 Å². The van der Waals surface area contributed by atoms with Crippen molar-refractivity contribution in [1.82, 2.24) is 40.4 Å². The third-order valence-corrected chi connectivity index (χ3v) is 16.5. The first-order valence-electron chi connectivity index (χ1n) is 25.5. The van der Waals surface area contributed by atoms with Gasteiger partial charge in [-0.05, 0) is 150 Å². The lowest BCUT2D eigenvalue weighted by Gasteiger charge is -2.39. The second kappa shape index (κ2) is 19.1. The van der Waals surface area contributed by atoms with Crippen LogP contribution in [0.5, 0.6) is 5.75 Å². The maximum atomic E-state index is 14.8. The Bertz CT molecular complexity index is 2840. The summed E-state index contributed by atoms with van der Waals surface area (Å²) in [5.41, 5.74) is 6.47. The Morgan fingerprint density at radius 1 is 0.718 bits per heavy atom. The number of ether oxygens (including phenoxy) is 4. The molecule has 0 radical (unpaired) electrons. The molecule has 5 aliphatic rings. The zero-order valence-corrected chi connectivity index (χ0v) is 42.2. The van der Waals surface area contributed by atoms with Crippen LogP contribution in [0, 0.1) is 23.7 Å². The van der Waals surface area contributed by atoms with Gasteiger partial charge >= 0.3 is 12.2 Å². The molecule has 1 unspecified atom stereocenters. The van der Waals surface area contributed by atoms with E-state index in [-0.39, 0.29) is 84.1 Å². The minimum absolute atomic E-state index is 0.0460. The topological polar surface area (TPSA) is 213 Å². The fourth-order valence-corrected chi connectivity index (χ4v) is 12.8. The normalized spacial score (nSPS) is 30.3. The standard InChI is InChI=1S/C54H68N8O9/c1-25-14-43(61(31(25)7)51(63)46(59-53(65)66)35-16-27(3)70-28(4)17-35)49-55-23-42(57-49)34-10-12-38-37(20-34)24-69-45-22-39-33(21-40(38)45)11-13-41-48(39)58-50(56-41)44-15-26(2)32(8)62(44)52(64)47(60-54(67)68-9)36-18-29(5)71-30(6)19-36/h10-13,20-23,25-32,35-36,43-44,46-47,59H,14-19,24H2,1-9H3,(H,55,57)(H,56,58)(H,60,67)(H,65,66)/t25?,26-,27-,28-,29-,30-,31-,32-,43-,44-,46+,47+/m1/s1. The molecule has 7 heterocycles. The summed E-state index contributed by atoms with van der Waals surface area (Å²) in [5, 5.41) is 17.3. The summed E-state index contributed by atoms with van der Waals surface area (Å²) in [6, 6.07) is 12.1. The van der Waals surface area contributed by atoms with Crippen LogP contribution in [0.25, 0.3) is 44.2 Å². The number of fused-ring (bicyclic) bond motifs is 6. The summed E-state index contributed by atoms with van der Waals surface area (Å²) >= 11 is 0. The lowest BCUT2D eigenvalue weighted by atomic mass is 9.85. The number of benzene rings is 3. The predicted molar refractivity (Wildman–Crippen MR) is 266 cm³/mol. The van der Waals surface area contributed by atoms with Crippen LogP contribution in [0.4, 0.5) is 9.59 Å². The molecule has 0 aliphatic carbocycles. The summed E-state index contributed by atoms with van der Waals surface area (Å²) < 4.78 is 23.5. The number of nitrogens with one attached hydrogen (secondary N) is 4. The lowest BCUT2D eigenvalue weighted by molar-refractivity contribution is -0.141. The predicted octanol–water partition coefficient (Wildman–Crippen LogP) is 9.03. The van der Waals surface area contributed by atoms with Gasteiger partial charge in [0, 0.05) is 23.0 Å². The molecule has 3 aromatic carbocycles. The van der Waals surface area contributed by atoms with Crippen molar-refractivity contribution >= 4 is 45.8 Å². The van der Waals surface area contributed by atoms with E-state index in [0.29, 0.717) is 56.8 Å². The van der Waals surface area contributed by atoms with Crippen LogP contribution < -0.4 is 15.4 Å². The van der Waals surface area contributed by atoms with Crippen LogP contribution in [-0.4, -0.2) is 115 Å². The van der Waals surface area contributed by atoms with Crippen LogP contribution in [0.15, 0.2) is 48.7 Å². The number of nitrogens with zero attached hydrogens (tertiary/aromatic N) is 4. The van der Waals surface area contributed by atoms with Crippen molar-refractivity contribution in [1.29, 1.82) is 0 Å². The van der Waals surface area contributed by atoms with Crippen molar-refractivity contribution < 1.29 is 43.2 Å². The Hall–Kier alpha value is -6.20. The smallest absolute Gasteiger partial charge is 0.407 e. The van der Waals surface area contributed by atoms with Crippen LogP contribution in [0.2, 0.25) is 0 Å². The first kappa shape index (κ1) is 48.4. The van der Waals surface area contributed by atoms with E-state index < -0.39 is 24.3 Å². The van der Waals surface area contributed by atoms with Crippen molar-refractivity contribution in [3.63, 3.8) is 0 Å². The highest BCUT2D eigenvalue weighted by atomic mass is 16.5. The van der Waals surface area contributed by atoms with Gasteiger partial charge in [-0.25, -0.2) is 19.6 Å². The molecule has 2 aromatic heterocycles. The molecular formula is C54H68N8O9. The summed E-state index contributed by atoms with van der Waals surface area (Å²) in [4.78, 5) is 75.0. The number of aromatic nitrogens is 4. The first-order valence-corrected chi connectivity index (χ1v) is 25.5. The van der Waals surface area contributed by atoms with Gasteiger partial charge in [-0.2, -0.15) is 0 Å². The highest BCUT2D eigenvalue weighted by molar-refractivity contribution is 6.07. The molecule has 0 saturated carbocycles. The molecule has 5 aromatic rings. The lowest BCUT2D eigenvalue weighted by Crippen LogP contribution is -2.55. The number of hydrogen-bond acceptors (Lipinski definition) is 10. The molecule has 17 heteroatoms. The van der Waals surface area contributed by atoms with Crippen molar-refractivity contribution in [3.05, 3.63) is 65.9 Å². The van der Waals surface area contributed by atoms with Gasteiger partial charge in [0.1, 0.15) is 36.1 Å². The largest absolute Gasteiger partial charge is 0.488 e. The fraction of sp³-hybridized carbons (Fsp3) is 0.556. The third kappa shape index (κ3) is 9.08. The number of alkyl carbamates (subject to hydrolysis) is 1. The Morgan fingerprint density at radius 3 is 1.90 bits per heavy atom. The Kier molecular flexibility index (Phi) is 13.0. The van der Waals surface area contributed by atoms with Gasteiger partial charge in [0.2, 0.25) is 11.8 Å². The maximum Gasteiger partial charge on any atom is 0.407 e. The number of carboxylic acid groups (broad SMARTS) is 1. The summed E-state index contributed by atoms with van der Waals surface area (Å²) in [6.07, 6.45) is 3.59. The second-order valence-corrected chi connectivity index (χ2v) is 21.4. The number of amides is 4. The number of likely N-dealkylation sites (tertiary alicyclic amines) is 2. The van der Waals surface area contributed by atoms with Gasteiger partial charge < -0.3 is 54.5 Å². The average molecular weight is 973 g/mol. The number of hydrogen-bond donors (Lipinski definition) is 5. The van der Waals surface area contributed by atoms with Crippen LogP contribution in [-0.2, 0) is 30.4 Å². The molecule has 17 nitrogen and oxygen atoms in total. The van der Waals surface area contributed by atoms with E-state index in [9.17, 15) is 24.3 Å². The molecule has 71 heavy (non-hydrogen) atoms. The number of carbonyl (C=O) groups excluding carboxylic acids is 3. The van der Waals surface area contributed by atoms with E-state index in [4.69, 9.17) is 28.9 Å². The molecule has 10 rings (SSSR count). The van der Waals surface area contributed by atoms with Crippen molar-refractivity contribution in [2.24, 2.45) is 23.7 Å². The number of imidazole rings is 2. The number of methoxy groups -OCH3 is 1. The average Bonchev–Trinajstić information content (AvgIpc) is 4.13. The number of rotatable bonds is 9. The van der Waals surface area contributed by atoms with E-state index in [1.54, 1.807) is 0 Å². The molecule has 4 fully saturated rings. The van der Waals surface area contributed by atoms with Gasteiger partial charge in [-0.1, -0.05) is 32.0 Å². The van der Waals surface area contributed by atoms with Gasteiger partial charge in [0.05, 0.1) is 66.5 Å². The molecule has 0 bridgehead atoms. The van der Waals surface area contributed by atoms with Gasteiger partial charge in [-0.3, -0.25) is 9.59 Å². The number of aromatic amines is 2. The van der Waals surface area contributed by atoms with E-state index >= 15 is 0 Å². The third-order valence-electron chi connectivity index (χ3n) is 16.5. The van der Waals surface area contributed by atoms with Gasteiger partial charge in [-0.15, -0.1) is 0 Å². The zero-order valence-electron chi connectivity index (χ0n) is 42.2. The van der Waals surface area contributed by atoms with Gasteiger partial charge in [0.15, 0.2) is 0 Å². The van der Waals surface area contributed by atoms with Crippen LogP contribution in [0.3, 0.4) is 0 Å². The molecule has 4 saturated heterocycles. The van der Waals surface area contributed by atoms with E-state index in [2.05, 4.69) is 77.8 Å². The number of H-pyrrole nitrogens is 2. The van der Waals surface area contributed by atoms with Crippen molar-refractivity contribution in [2.75, 3.05) is 7.11 Å². The Balaban J connectivity index is 0.905. The van der Waals surface area contributed by atoms with E-state index in [1.165, 1.54) is 7.11 Å². The quantitative estimate of drug-likeness (QED) is 0.0940. The van der Waals surface area contributed by atoms with E-state index in [1.807, 2.05) is 56.7 Å². The van der Waals surface area contributed by atoms with E-state index in [0.717, 1.165) is 55.5 Å². The molecule has 12 atom stereocenters. The molecule has 378 valence electrons. The molecular weight excluding hydrogens is 905 g/mol. The van der Waals surface area contributed by atoms with Crippen molar-refractivity contribution in [2.45, 2.75) is 161 Å². The molecule has 5 aliphatic heterocycles. The fourth-order valence-electron chi connectivity index (χ4n) is 12.8. The van der Waals surface area contributed by atoms with Crippen LogP contribution >= 0.6 is 0 Å². The SMILES string of the molecule is COC(=O)N[C@H](C(=O)N1[C@@H](c2nc3ccc4cc5c(cc4c3[nH]2)OCc2cc(-c3cnc([C@H]4CC(C)[C@@H](C)N4C(=O)[C@@H](NC(=O)O)C4C[C@@H](C)O[C@H](C)C4)[nH]3)ccc2-5)C[C@@H](C)[C@H]1C)C1C[C@@H](C)O[C@H](C)C1. The monoisotopic (exact) mass is 973 g/mol. The summed E-state index contributed by atoms with van der Waals surface area (Å²) in [5.74, 6) is 1.82. The van der Waals surface area contributed by atoms with Crippen molar-refractivity contribution in [3.8, 4) is 28.1 Å². The molecule has 0 spiro atoms. The zero-order chi connectivity index (χ0) is 50.2. The maximum absolute atomic E-state index is 14.8. The Labute approximate surface area is 414 Å². The molecule has 4 amide bonds. The van der Waals surface area contributed by atoms with Gasteiger partial charge in [0.25, 0.3) is 0 Å². The second-order valence-electron chi connectivity index (χ2n) is 21.4. The summed E-state index contributed by atoms with van der Waals surface area (Å²) in [6.45, 7) is 16.7. The highest BCUT2D eigenvalue weighted by Crippen LogP contribution is 2.46. The first-order chi connectivity index (χ1) is 34.0. The minimum Gasteiger partial charge on any atom is -0.488 e. The summed E-state index contributed by atoms with van der Waals surface area (Å²) in [7, 11) is 1.32. The Morgan fingerprint density at radius 2 is 1.31 bits per heavy atom. The highest BCUT2D eigenvalue weighted by Gasteiger charge is 2.48. The number of carbonyl (C=O) groups is 4.